The molecule has 9 heteroatoms. The molecule has 4 nitrogen and oxygen atoms in total. The first-order valence-electron chi connectivity index (χ1n) is 11.5. The maximum atomic E-state index is 13.5. The third-order valence-electron chi connectivity index (χ3n) is 6.74. The summed E-state index contributed by atoms with van der Waals surface area (Å²) in [4.78, 5) is 0. The molecular formula is C23H33F3N2O2S2. The topological polar surface area (TPSA) is 42.5 Å². The number of ether oxygens (including phenoxy) is 2. The minimum atomic E-state index is -4.24. The third kappa shape index (κ3) is 6.50. The van der Waals surface area contributed by atoms with Gasteiger partial charge in [-0.1, -0.05) is 24.3 Å². The predicted molar refractivity (Wildman–Crippen MR) is 125 cm³/mol. The van der Waals surface area contributed by atoms with Crippen molar-refractivity contribution in [1.82, 2.24) is 10.0 Å². The molecule has 1 saturated heterocycles. The van der Waals surface area contributed by atoms with Crippen LogP contribution in [0.25, 0.3) is 0 Å². The lowest BCUT2D eigenvalue weighted by Crippen LogP contribution is -2.41. The van der Waals surface area contributed by atoms with Gasteiger partial charge in [-0.2, -0.15) is 13.2 Å². The van der Waals surface area contributed by atoms with Crippen LogP contribution in [0.15, 0.2) is 34.2 Å². The lowest BCUT2D eigenvalue weighted by Gasteiger charge is -2.34. The molecule has 0 saturated carbocycles. The van der Waals surface area contributed by atoms with Gasteiger partial charge in [-0.15, -0.1) is 11.8 Å². The Morgan fingerprint density at radius 2 is 2.03 bits per heavy atom. The van der Waals surface area contributed by atoms with Crippen LogP contribution < -0.4 is 10.0 Å². The quantitative estimate of drug-likeness (QED) is 0.361. The van der Waals surface area contributed by atoms with Gasteiger partial charge >= 0.3 is 6.18 Å². The zero-order valence-electron chi connectivity index (χ0n) is 18.4. The molecule has 32 heavy (non-hydrogen) atoms. The minimum absolute atomic E-state index is 0.0282. The van der Waals surface area contributed by atoms with Gasteiger partial charge in [-0.05, 0) is 62.9 Å². The van der Waals surface area contributed by atoms with Gasteiger partial charge in [0.25, 0.3) is 0 Å². The van der Waals surface area contributed by atoms with E-state index in [2.05, 4.69) is 28.3 Å². The fraction of sp³-hybridized carbons (Fsp3) is 0.739. The molecule has 2 aliphatic carbocycles. The first kappa shape index (κ1) is 24.5. The number of halogens is 3. The summed E-state index contributed by atoms with van der Waals surface area (Å²) in [7, 11) is 1.76. The van der Waals surface area contributed by atoms with Crippen LogP contribution in [0.1, 0.15) is 44.9 Å². The lowest BCUT2D eigenvalue weighted by atomic mass is 9.89. The van der Waals surface area contributed by atoms with E-state index in [9.17, 15) is 13.2 Å². The number of methoxy groups -OCH3 is 1. The van der Waals surface area contributed by atoms with Crippen LogP contribution in [-0.2, 0) is 9.47 Å². The summed E-state index contributed by atoms with van der Waals surface area (Å²) in [6.45, 7) is 1.44. The molecule has 4 rings (SSSR count). The first-order valence-corrected chi connectivity index (χ1v) is 13.2. The van der Waals surface area contributed by atoms with Crippen molar-refractivity contribution < 1.29 is 22.6 Å². The second-order valence-electron chi connectivity index (χ2n) is 8.98. The summed E-state index contributed by atoms with van der Waals surface area (Å²) in [6, 6.07) is 0. The summed E-state index contributed by atoms with van der Waals surface area (Å²) in [5.41, 5.74) is 0.841. The second kappa shape index (κ2) is 11.2. The number of thioether (sulfide) groups is 1. The van der Waals surface area contributed by atoms with Gasteiger partial charge in [0.1, 0.15) is 0 Å². The monoisotopic (exact) mass is 490 g/mol. The molecule has 0 aromatic rings. The summed E-state index contributed by atoms with van der Waals surface area (Å²) in [6.07, 6.45) is 8.96. The van der Waals surface area contributed by atoms with E-state index in [1.54, 1.807) is 13.2 Å². The van der Waals surface area contributed by atoms with Gasteiger partial charge in [0.05, 0.1) is 28.5 Å². The summed E-state index contributed by atoms with van der Waals surface area (Å²) in [5, 5.41) is 3.69. The largest absolute Gasteiger partial charge is 0.394 e. The highest BCUT2D eigenvalue weighted by Crippen LogP contribution is 2.45. The Labute approximate surface area is 197 Å². The number of hydrogen-bond acceptors (Lipinski definition) is 6. The van der Waals surface area contributed by atoms with Gasteiger partial charge < -0.3 is 19.5 Å². The predicted octanol–water partition coefficient (Wildman–Crippen LogP) is 5.55. The van der Waals surface area contributed by atoms with Crippen molar-refractivity contribution in [2.75, 3.05) is 20.2 Å². The van der Waals surface area contributed by atoms with Crippen molar-refractivity contribution >= 4 is 23.7 Å². The summed E-state index contributed by atoms with van der Waals surface area (Å²) < 4.78 is 56.5. The number of nitrogens with one attached hydrogen (secondary N) is 2. The molecule has 2 aliphatic heterocycles. The highest BCUT2D eigenvalue weighted by molar-refractivity contribution is 8.22. The van der Waals surface area contributed by atoms with E-state index >= 15 is 0 Å². The van der Waals surface area contributed by atoms with Gasteiger partial charge in [-0.25, -0.2) is 0 Å². The second-order valence-corrected chi connectivity index (χ2v) is 11.4. The molecule has 6 atom stereocenters. The van der Waals surface area contributed by atoms with Crippen LogP contribution in [0, 0.1) is 11.8 Å². The number of hydrogen-bond donors (Lipinski definition) is 2. The van der Waals surface area contributed by atoms with E-state index in [-0.39, 0.29) is 25.0 Å². The van der Waals surface area contributed by atoms with E-state index < -0.39 is 18.2 Å². The fourth-order valence-electron chi connectivity index (χ4n) is 4.85. The molecule has 0 aromatic carbocycles. The molecule has 4 aliphatic rings. The molecule has 0 bridgehead atoms. The molecule has 1 fully saturated rings. The Morgan fingerprint density at radius 1 is 1.16 bits per heavy atom. The van der Waals surface area contributed by atoms with Crippen LogP contribution in [0.4, 0.5) is 13.2 Å². The van der Waals surface area contributed by atoms with Crippen LogP contribution in [0.5, 0.6) is 0 Å². The van der Waals surface area contributed by atoms with Gasteiger partial charge in [-0.3, -0.25) is 0 Å². The number of allylic oxidation sites excluding steroid dienone is 3. The van der Waals surface area contributed by atoms with Gasteiger partial charge in [0.2, 0.25) is 0 Å². The van der Waals surface area contributed by atoms with E-state index in [4.69, 9.17) is 9.47 Å². The Bertz CT molecular complexity index is 723. The van der Waals surface area contributed by atoms with Crippen LogP contribution in [0.3, 0.4) is 0 Å². The highest BCUT2D eigenvalue weighted by atomic mass is 32.2. The Morgan fingerprint density at radius 3 is 2.78 bits per heavy atom. The highest BCUT2D eigenvalue weighted by Gasteiger charge is 2.47. The summed E-state index contributed by atoms with van der Waals surface area (Å²) in [5.74, 6) is -0.894. The third-order valence-corrected chi connectivity index (χ3v) is 9.25. The van der Waals surface area contributed by atoms with Crippen LogP contribution in [-0.4, -0.2) is 49.9 Å². The van der Waals surface area contributed by atoms with Crippen LogP contribution in [0.2, 0.25) is 0 Å². The average molecular weight is 491 g/mol. The molecule has 0 radical (unpaired) electrons. The zero-order chi connectivity index (χ0) is 22.6. The number of rotatable bonds is 7. The lowest BCUT2D eigenvalue weighted by molar-refractivity contribution is -0.213. The van der Waals surface area contributed by atoms with Crippen molar-refractivity contribution in [2.24, 2.45) is 11.8 Å². The van der Waals surface area contributed by atoms with Crippen molar-refractivity contribution in [3.05, 3.63) is 34.2 Å². The maximum Gasteiger partial charge on any atom is 0.394 e. The van der Waals surface area contributed by atoms with Crippen molar-refractivity contribution in [2.45, 2.75) is 74.7 Å². The van der Waals surface area contributed by atoms with Crippen molar-refractivity contribution in [1.29, 1.82) is 0 Å². The molecule has 2 heterocycles. The Kier molecular flexibility index (Phi) is 8.59. The standard InChI is InChI=1S/C23H33F3N2O2S2/c1-29-17-4-2-3-15(5-7-17)21-9-10-22(31-21)32-28-16-6-8-19(23(24,25)26)20(13-16)30-18-11-12-27-14-18/h5-7,10,15,17-21,27-28H,2-4,8-9,11-14H2,1H3. The summed E-state index contributed by atoms with van der Waals surface area (Å²) >= 11 is 3.41. The molecule has 6 unspecified atom stereocenters. The normalized spacial score (nSPS) is 36.0. The molecule has 2 N–H and O–H groups in total. The molecule has 180 valence electrons. The Hall–Kier alpha value is -0.610. The average Bonchev–Trinajstić information content (AvgIpc) is 3.39. The van der Waals surface area contributed by atoms with E-state index in [0.29, 0.717) is 17.7 Å². The molecule has 0 aromatic heterocycles. The minimum Gasteiger partial charge on any atom is -0.377 e. The van der Waals surface area contributed by atoms with Gasteiger partial charge in [0.15, 0.2) is 0 Å². The number of alkyl halides is 3. The SMILES string of the molecule is COC1C=CC(C2CC=C(SNC3=CCC(C(F)(F)F)C(OC4CCNC4)C3)S2)CCC1. The molecular weight excluding hydrogens is 457 g/mol. The van der Waals surface area contributed by atoms with Crippen molar-refractivity contribution in [3.8, 4) is 0 Å². The van der Waals surface area contributed by atoms with E-state index in [0.717, 1.165) is 31.5 Å². The smallest absolute Gasteiger partial charge is 0.377 e. The van der Waals surface area contributed by atoms with E-state index in [1.165, 1.54) is 29.0 Å². The van der Waals surface area contributed by atoms with Gasteiger partial charge in [0, 0.05) is 31.0 Å². The van der Waals surface area contributed by atoms with Crippen LogP contribution >= 0.6 is 23.7 Å². The Balaban J connectivity index is 1.28. The molecule has 0 spiro atoms. The molecule has 0 amide bonds. The fourth-order valence-corrected chi connectivity index (χ4v) is 7.20. The van der Waals surface area contributed by atoms with E-state index in [1.807, 2.05) is 11.8 Å². The maximum absolute atomic E-state index is 13.5. The van der Waals surface area contributed by atoms with Crippen molar-refractivity contribution in [3.63, 3.8) is 0 Å². The first-order chi connectivity index (χ1) is 15.4. The zero-order valence-corrected chi connectivity index (χ0v) is 20.0.